The molecule has 6 nitrogen and oxygen atoms in total. The SMILES string of the molecule is C#CCC(=O)Nc1ccc(OC)c(S(N)(=O)=O)c1. The predicted molar refractivity (Wildman–Crippen MR) is 66.4 cm³/mol. The number of nitrogens with two attached hydrogens (primary N) is 1. The third-order valence-electron chi connectivity index (χ3n) is 2.02. The van der Waals surface area contributed by atoms with E-state index in [1.807, 2.05) is 0 Å². The molecule has 0 radical (unpaired) electrons. The number of rotatable bonds is 4. The number of hydrogen-bond donors (Lipinski definition) is 2. The standard InChI is InChI=1S/C11H12N2O4S/c1-3-4-11(14)13-8-5-6-9(17-2)10(7-8)18(12,15)16/h1,5-7H,4H2,2H3,(H,13,14)(H2,12,15,16). The van der Waals surface area contributed by atoms with Crippen LogP contribution in [0, 0.1) is 12.3 Å². The van der Waals surface area contributed by atoms with Gasteiger partial charge in [-0.2, -0.15) is 0 Å². The summed E-state index contributed by atoms with van der Waals surface area (Å²) in [6.45, 7) is 0. The maximum Gasteiger partial charge on any atom is 0.241 e. The predicted octanol–water partition coefficient (Wildman–Crippen LogP) is 0.304. The van der Waals surface area contributed by atoms with Gasteiger partial charge in [-0.3, -0.25) is 4.79 Å². The van der Waals surface area contributed by atoms with Crippen LogP contribution in [0.3, 0.4) is 0 Å². The number of carbonyl (C=O) groups is 1. The van der Waals surface area contributed by atoms with E-state index in [0.717, 1.165) is 0 Å². The van der Waals surface area contributed by atoms with Crippen LogP contribution in [-0.2, 0) is 14.8 Å². The number of sulfonamides is 1. The summed E-state index contributed by atoms with van der Waals surface area (Å²) in [6, 6.07) is 4.09. The smallest absolute Gasteiger partial charge is 0.241 e. The fourth-order valence-corrected chi connectivity index (χ4v) is 2.00. The van der Waals surface area contributed by atoms with E-state index in [0.29, 0.717) is 0 Å². The highest BCUT2D eigenvalue weighted by molar-refractivity contribution is 7.89. The van der Waals surface area contributed by atoms with Gasteiger partial charge in [-0.05, 0) is 18.2 Å². The molecule has 0 bridgehead atoms. The molecular formula is C11H12N2O4S. The number of benzene rings is 1. The molecule has 1 aromatic rings. The molecule has 0 atom stereocenters. The molecule has 0 aromatic heterocycles. The Hall–Kier alpha value is -2.04. The first kappa shape index (κ1) is 14.0. The molecule has 7 heteroatoms. The van der Waals surface area contributed by atoms with Crippen LogP contribution in [0.25, 0.3) is 0 Å². The number of ether oxygens (including phenoxy) is 1. The maximum absolute atomic E-state index is 11.3. The Morgan fingerprint density at radius 3 is 2.72 bits per heavy atom. The molecule has 0 aliphatic heterocycles. The summed E-state index contributed by atoms with van der Waals surface area (Å²) >= 11 is 0. The molecule has 0 aliphatic rings. The number of carbonyl (C=O) groups excluding carboxylic acids is 1. The van der Waals surface area contributed by atoms with Crippen molar-refractivity contribution in [2.75, 3.05) is 12.4 Å². The quantitative estimate of drug-likeness (QED) is 0.767. The molecule has 0 spiro atoms. The van der Waals surface area contributed by atoms with E-state index in [4.69, 9.17) is 16.3 Å². The van der Waals surface area contributed by atoms with Gasteiger partial charge in [0.15, 0.2) is 0 Å². The molecule has 1 amide bonds. The van der Waals surface area contributed by atoms with Crippen molar-refractivity contribution in [1.82, 2.24) is 0 Å². The molecule has 3 N–H and O–H groups in total. The normalized spacial score (nSPS) is 10.5. The Morgan fingerprint density at radius 2 is 2.22 bits per heavy atom. The number of amides is 1. The van der Waals surface area contributed by atoms with E-state index in [1.165, 1.54) is 25.3 Å². The van der Waals surface area contributed by atoms with Crippen molar-refractivity contribution in [3.63, 3.8) is 0 Å². The minimum atomic E-state index is -3.93. The van der Waals surface area contributed by atoms with Gasteiger partial charge in [0, 0.05) is 5.69 Å². The number of terminal acetylenes is 1. The monoisotopic (exact) mass is 268 g/mol. The minimum Gasteiger partial charge on any atom is -0.495 e. The zero-order valence-corrected chi connectivity index (χ0v) is 10.5. The minimum absolute atomic E-state index is 0.100. The van der Waals surface area contributed by atoms with Gasteiger partial charge in [0.1, 0.15) is 10.6 Å². The molecular weight excluding hydrogens is 256 g/mol. The molecule has 0 unspecified atom stereocenters. The van der Waals surface area contributed by atoms with E-state index in [1.54, 1.807) is 0 Å². The number of nitrogens with one attached hydrogen (secondary N) is 1. The third kappa shape index (κ3) is 3.48. The van der Waals surface area contributed by atoms with Gasteiger partial charge < -0.3 is 10.1 Å². The summed E-state index contributed by atoms with van der Waals surface area (Å²) in [4.78, 5) is 11.1. The summed E-state index contributed by atoms with van der Waals surface area (Å²) in [5.74, 6) is 1.87. The van der Waals surface area contributed by atoms with Crippen molar-refractivity contribution in [1.29, 1.82) is 0 Å². The fourth-order valence-electron chi connectivity index (χ4n) is 1.27. The lowest BCUT2D eigenvalue weighted by molar-refractivity contribution is -0.115. The molecule has 1 aromatic carbocycles. The Kier molecular flexibility index (Phi) is 4.31. The average Bonchev–Trinajstić information content (AvgIpc) is 2.28. The lowest BCUT2D eigenvalue weighted by Gasteiger charge is -2.09. The van der Waals surface area contributed by atoms with Crippen LogP contribution in [0.2, 0.25) is 0 Å². The fraction of sp³-hybridized carbons (Fsp3) is 0.182. The molecule has 0 heterocycles. The lowest BCUT2D eigenvalue weighted by atomic mass is 10.3. The van der Waals surface area contributed by atoms with Crippen molar-refractivity contribution in [3.05, 3.63) is 18.2 Å². The van der Waals surface area contributed by atoms with Gasteiger partial charge in [0.25, 0.3) is 0 Å². The van der Waals surface area contributed by atoms with Gasteiger partial charge in [0.05, 0.1) is 13.5 Å². The van der Waals surface area contributed by atoms with Gasteiger partial charge in [0.2, 0.25) is 15.9 Å². The van der Waals surface area contributed by atoms with Crippen LogP contribution in [0.4, 0.5) is 5.69 Å². The lowest BCUT2D eigenvalue weighted by Crippen LogP contribution is -2.15. The van der Waals surface area contributed by atoms with Crippen molar-refractivity contribution in [3.8, 4) is 18.1 Å². The van der Waals surface area contributed by atoms with Gasteiger partial charge >= 0.3 is 0 Å². The second-order valence-electron chi connectivity index (χ2n) is 3.34. The molecule has 0 saturated heterocycles. The Morgan fingerprint density at radius 1 is 1.56 bits per heavy atom. The van der Waals surface area contributed by atoms with Crippen molar-refractivity contribution in [2.24, 2.45) is 5.14 Å². The second kappa shape index (κ2) is 5.53. The van der Waals surface area contributed by atoms with E-state index >= 15 is 0 Å². The van der Waals surface area contributed by atoms with Gasteiger partial charge in [-0.1, -0.05) is 5.92 Å². The summed E-state index contributed by atoms with van der Waals surface area (Å²) in [5.41, 5.74) is 0.278. The van der Waals surface area contributed by atoms with Crippen molar-refractivity contribution >= 4 is 21.6 Å². The highest BCUT2D eigenvalue weighted by Gasteiger charge is 2.16. The highest BCUT2D eigenvalue weighted by Crippen LogP contribution is 2.26. The van der Waals surface area contributed by atoms with Crippen LogP contribution in [-0.4, -0.2) is 21.4 Å². The highest BCUT2D eigenvalue weighted by atomic mass is 32.2. The van der Waals surface area contributed by atoms with E-state index in [2.05, 4.69) is 11.2 Å². The Balaban J connectivity index is 3.12. The summed E-state index contributed by atoms with van der Waals surface area (Å²) < 4.78 is 27.5. The zero-order chi connectivity index (χ0) is 13.8. The molecule has 18 heavy (non-hydrogen) atoms. The topological polar surface area (TPSA) is 98.5 Å². The molecule has 0 saturated carbocycles. The van der Waals surface area contributed by atoms with Gasteiger partial charge in [-0.25, -0.2) is 13.6 Å². The average molecular weight is 268 g/mol. The van der Waals surface area contributed by atoms with Gasteiger partial charge in [-0.15, -0.1) is 6.42 Å². The van der Waals surface area contributed by atoms with Crippen LogP contribution in [0.15, 0.2) is 23.1 Å². The second-order valence-corrected chi connectivity index (χ2v) is 4.87. The first-order valence-corrected chi connectivity index (χ1v) is 6.37. The van der Waals surface area contributed by atoms with Crippen LogP contribution in [0.1, 0.15) is 6.42 Å². The largest absolute Gasteiger partial charge is 0.495 e. The molecule has 96 valence electrons. The number of anilines is 1. The number of primary sulfonamides is 1. The Labute approximate surface area is 105 Å². The first-order chi connectivity index (χ1) is 8.38. The summed E-state index contributed by atoms with van der Waals surface area (Å²) in [5, 5.41) is 7.49. The Bertz CT molecular complexity index is 602. The molecule has 0 fully saturated rings. The molecule has 0 aliphatic carbocycles. The third-order valence-corrected chi connectivity index (χ3v) is 2.95. The van der Waals surface area contributed by atoms with E-state index < -0.39 is 15.9 Å². The number of methoxy groups -OCH3 is 1. The van der Waals surface area contributed by atoms with Crippen LogP contribution in [0.5, 0.6) is 5.75 Å². The van der Waals surface area contributed by atoms with E-state index in [9.17, 15) is 13.2 Å². The van der Waals surface area contributed by atoms with E-state index in [-0.39, 0.29) is 22.8 Å². The first-order valence-electron chi connectivity index (χ1n) is 4.82. The zero-order valence-electron chi connectivity index (χ0n) is 9.64. The maximum atomic E-state index is 11.3. The summed E-state index contributed by atoms with van der Waals surface area (Å²) in [6.07, 6.45) is 4.88. The molecule has 1 rings (SSSR count). The van der Waals surface area contributed by atoms with Crippen molar-refractivity contribution < 1.29 is 17.9 Å². The van der Waals surface area contributed by atoms with Crippen molar-refractivity contribution in [2.45, 2.75) is 11.3 Å². The summed E-state index contributed by atoms with van der Waals surface area (Å²) in [7, 11) is -2.61. The van der Waals surface area contributed by atoms with Crippen LogP contribution < -0.4 is 15.2 Å². The van der Waals surface area contributed by atoms with Crippen LogP contribution >= 0.6 is 0 Å². The number of hydrogen-bond acceptors (Lipinski definition) is 4.